The average molecular weight is 256 g/mol. The molecule has 0 aliphatic heterocycles. The number of carboxylic acid groups (broad SMARTS) is 1. The van der Waals surface area contributed by atoms with E-state index < -0.39 is 5.97 Å². The summed E-state index contributed by atoms with van der Waals surface area (Å²) in [5.74, 6) is -0.766. The number of rotatable bonds is 3. The number of hydrogen-bond acceptors (Lipinski definition) is 5. The maximum absolute atomic E-state index is 11.2. The fraction of sp³-hybridized carbons (Fsp3) is 0. The molecule has 0 aliphatic carbocycles. The third-order valence-corrected chi connectivity index (χ3v) is 2.50. The molecule has 94 valence electrons. The zero-order valence-electron chi connectivity index (χ0n) is 9.59. The van der Waals surface area contributed by atoms with Crippen molar-refractivity contribution in [2.24, 2.45) is 0 Å². The molecule has 0 bridgehead atoms. The van der Waals surface area contributed by atoms with E-state index >= 15 is 0 Å². The highest BCUT2D eigenvalue weighted by Gasteiger charge is 2.19. The summed E-state index contributed by atoms with van der Waals surface area (Å²) in [5.41, 5.74) is 0.967. The Balaban J connectivity index is 2.15. The largest absolute Gasteiger partial charge is 0.478 e. The molecule has 0 spiro atoms. The lowest BCUT2D eigenvalue weighted by Crippen LogP contribution is -2.00. The minimum atomic E-state index is -1.07. The molecule has 3 aromatic rings. The first-order valence-electron chi connectivity index (χ1n) is 5.38. The minimum Gasteiger partial charge on any atom is -0.478 e. The molecule has 0 aromatic carbocycles. The quantitative estimate of drug-likeness (QED) is 0.765. The number of hydrogen-bond donors (Lipinski definition) is 1. The second-order valence-electron chi connectivity index (χ2n) is 3.70. The fourth-order valence-corrected chi connectivity index (χ4v) is 1.65. The van der Waals surface area contributed by atoms with Crippen molar-refractivity contribution < 1.29 is 14.3 Å². The van der Waals surface area contributed by atoms with Crippen LogP contribution in [0.5, 0.6) is 0 Å². The maximum Gasteiger partial charge on any atom is 0.339 e. The van der Waals surface area contributed by atoms with E-state index in [0.717, 1.165) is 0 Å². The maximum atomic E-state index is 11.2. The summed E-state index contributed by atoms with van der Waals surface area (Å²) in [6.45, 7) is 0. The predicted octanol–water partition coefficient (Wildman–Crippen LogP) is 1.62. The topological polar surface area (TPSA) is 94.0 Å². The van der Waals surface area contributed by atoms with Crippen LogP contribution in [0.15, 0.2) is 47.7 Å². The van der Waals surface area contributed by atoms with Crippen LogP contribution in [0.4, 0.5) is 0 Å². The van der Waals surface area contributed by atoms with Crippen molar-refractivity contribution >= 4 is 5.97 Å². The number of nitrogens with zero attached hydrogens (tertiary/aromatic N) is 4. The normalized spacial score (nSPS) is 10.5. The van der Waals surface area contributed by atoms with Crippen molar-refractivity contribution in [2.75, 3.05) is 0 Å². The molecule has 0 saturated carbocycles. The van der Waals surface area contributed by atoms with Gasteiger partial charge in [-0.3, -0.25) is 0 Å². The van der Waals surface area contributed by atoms with Crippen molar-refractivity contribution in [3.63, 3.8) is 0 Å². The van der Waals surface area contributed by atoms with Crippen LogP contribution in [0, 0.1) is 0 Å². The monoisotopic (exact) mass is 256 g/mol. The van der Waals surface area contributed by atoms with E-state index in [4.69, 9.17) is 4.42 Å². The van der Waals surface area contributed by atoms with Crippen LogP contribution >= 0.6 is 0 Å². The molecule has 1 N–H and O–H groups in total. The van der Waals surface area contributed by atoms with Gasteiger partial charge in [-0.25, -0.2) is 19.4 Å². The Morgan fingerprint density at radius 2 is 2.11 bits per heavy atom. The summed E-state index contributed by atoms with van der Waals surface area (Å²) in [7, 11) is 0. The molecule has 3 aromatic heterocycles. The SMILES string of the molecule is O=C(O)c1cn(-c2ncccn2)nc1-c1ccoc1. The molecule has 3 rings (SSSR count). The van der Waals surface area contributed by atoms with Gasteiger partial charge in [-0.2, -0.15) is 5.10 Å². The molecule has 0 amide bonds. The van der Waals surface area contributed by atoms with Gasteiger partial charge in [0.1, 0.15) is 11.3 Å². The van der Waals surface area contributed by atoms with Gasteiger partial charge in [0.05, 0.1) is 12.5 Å². The van der Waals surface area contributed by atoms with E-state index in [2.05, 4.69) is 15.1 Å². The molecule has 19 heavy (non-hydrogen) atoms. The van der Waals surface area contributed by atoms with Gasteiger partial charge in [-0.15, -0.1) is 0 Å². The first-order valence-corrected chi connectivity index (χ1v) is 5.38. The van der Waals surface area contributed by atoms with Gasteiger partial charge in [-0.1, -0.05) is 0 Å². The lowest BCUT2D eigenvalue weighted by Gasteiger charge is -1.96. The number of aromatic nitrogens is 4. The molecular formula is C12H8N4O3. The Kier molecular flexibility index (Phi) is 2.57. The van der Waals surface area contributed by atoms with Crippen LogP contribution in [0.2, 0.25) is 0 Å². The number of carboxylic acids is 1. The van der Waals surface area contributed by atoms with Gasteiger partial charge in [0.15, 0.2) is 0 Å². The molecule has 3 heterocycles. The van der Waals surface area contributed by atoms with E-state index in [1.165, 1.54) is 23.4 Å². The highest BCUT2D eigenvalue weighted by Crippen LogP contribution is 2.23. The van der Waals surface area contributed by atoms with Crippen molar-refractivity contribution in [1.29, 1.82) is 0 Å². The van der Waals surface area contributed by atoms with E-state index in [1.807, 2.05) is 0 Å². The van der Waals surface area contributed by atoms with Gasteiger partial charge < -0.3 is 9.52 Å². The summed E-state index contributed by atoms with van der Waals surface area (Å²) in [5, 5.41) is 13.4. The fourth-order valence-electron chi connectivity index (χ4n) is 1.65. The third-order valence-electron chi connectivity index (χ3n) is 2.50. The second kappa shape index (κ2) is 4.37. The summed E-state index contributed by atoms with van der Waals surface area (Å²) in [6.07, 6.45) is 7.38. The second-order valence-corrected chi connectivity index (χ2v) is 3.70. The Morgan fingerprint density at radius 1 is 1.32 bits per heavy atom. The third kappa shape index (κ3) is 1.97. The van der Waals surface area contributed by atoms with Gasteiger partial charge in [0.2, 0.25) is 5.95 Å². The van der Waals surface area contributed by atoms with Gasteiger partial charge in [0, 0.05) is 24.2 Å². The van der Waals surface area contributed by atoms with Gasteiger partial charge >= 0.3 is 5.97 Å². The Morgan fingerprint density at radius 3 is 2.74 bits per heavy atom. The Hall–Kier alpha value is -2.96. The molecule has 0 unspecified atom stereocenters. The Bertz CT molecular complexity index is 704. The predicted molar refractivity (Wildman–Crippen MR) is 63.8 cm³/mol. The van der Waals surface area contributed by atoms with Crippen LogP contribution in [0.1, 0.15) is 10.4 Å². The highest BCUT2D eigenvalue weighted by molar-refractivity contribution is 5.94. The van der Waals surface area contributed by atoms with Crippen LogP contribution < -0.4 is 0 Å². The zero-order chi connectivity index (χ0) is 13.2. The molecule has 0 fully saturated rings. The van der Waals surface area contributed by atoms with Crippen molar-refractivity contribution in [1.82, 2.24) is 19.7 Å². The summed E-state index contributed by atoms with van der Waals surface area (Å²) >= 11 is 0. The molecule has 7 nitrogen and oxygen atoms in total. The van der Waals surface area contributed by atoms with Crippen LogP contribution in [-0.2, 0) is 0 Å². The van der Waals surface area contributed by atoms with Crippen molar-refractivity contribution in [3.8, 4) is 17.2 Å². The van der Waals surface area contributed by atoms with E-state index in [0.29, 0.717) is 17.2 Å². The first-order chi connectivity index (χ1) is 9.25. The lowest BCUT2D eigenvalue weighted by atomic mass is 10.1. The molecule has 7 heteroatoms. The van der Waals surface area contributed by atoms with Crippen molar-refractivity contribution in [2.45, 2.75) is 0 Å². The van der Waals surface area contributed by atoms with E-state index in [9.17, 15) is 9.90 Å². The summed E-state index contributed by atoms with van der Waals surface area (Å²) < 4.78 is 6.27. The minimum absolute atomic E-state index is 0.0638. The number of carbonyl (C=O) groups is 1. The van der Waals surface area contributed by atoms with Crippen LogP contribution in [0.25, 0.3) is 17.2 Å². The van der Waals surface area contributed by atoms with Crippen LogP contribution in [-0.4, -0.2) is 30.8 Å². The van der Waals surface area contributed by atoms with Crippen LogP contribution in [0.3, 0.4) is 0 Å². The lowest BCUT2D eigenvalue weighted by molar-refractivity contribution is 0.0697. The highest BCUT2D eigenvalue weighted by atomic mass is 16.4. The molecular weight excluding hydrogens is 248 g/mol. The summed E-state index contributed by atoms with van der Waals surface area (Å²) in [6, 6.07) is 3.31. The van der Waals surface area contributed by atoms with Gasteiger partial charge in [0.25, 0.3) is 0 Å². The smallest absolute Gasteiger partial charge is 0.339 e. The molecule has 0 radical (unpaired) electrons. The summed E-state index contributed by atoms with van der Waals surface area (Å²) in [4.78, 5) is 19.3. The molecule has 0 atom stereocenters. The number of aromatic carboxylic acids is 1. The standard InChI is InChI=1S/C12H8N4O3/c17-11(18)9-6-16(12-13-3-1-4-14-12)15-10(9)8-2-5-19-7-8/h1-7H,(H,17,18). The van der Waals surface area contributed by atoms with Gasteiger partial charge in [-0.05, 0) is 12.1 Å². The van der Waals surface area contributed by atoms with Crippen molar-refractivity contribution in [3.05, 3.63) is 48.8 Å². The van der Waals surface area contributed by atoms with E-state index in [1.54, 1.807) is 24.5 Å². The first kappa shape index (κ1) is 11.1. The average Bonchev–Trinajstić information content (AvgIpc) is 3.08. The zero-order valence-corrected chi connectivity index (χ0v) is 9.59. The Labute approximate surface area is 107 Å². The molecule has 0 saturated heterocycles. The van der Waals surface area contributed by atoms with E-state index in [-0.39, 0.29) is 5.56 Å². The molecule has 0 aliphatic rings. The number of furan rings is 1.